The maximum atomic E-state index is 14.3. The molecule has 0 saturated heterocycles. The molecule has 1 aromatic carbocycles. The first-order valence-corrected chi connectivity index (χ1v) is 10.2. The number of sulfonamides is 1. The molecule has 0 unspecified atom stereocenters. The van der Waals surface area contributed by atoms with Crippen molar-refractivity contribution in [3.8, 4) is 11.3 Å². The molecule has 3 aromatic rings. The van der Waals surface area contributed by atoms with E-state index in [0.29, 0.717) is 11.3 Å². The SMILES string of the molecule is O=C1Nc2ccc(-c3cc[nH]n3)cc2[C@](CNS(=O)(=O)c2ccccn2)(C(F)(F)F)O1. The number of pyridine rings is 1. The minimum atomic E-state index is -5.16. The maximum Gasteiger partial charge on any atom is 0.434 e. The van der Waals surface area contributed by atoms with Gasteiger partial charge in [-0.1, -0.05) is 12.1 Å². The summed E-state index contributed by atoms with van der Waals surface area (Å²) < 4.78 is 74.5. The fraction of sp³-hybridized carbons (Fsp3) is 0.167. The molecule has 0 radical (unpaired) electrons. The normalized spacial score (nSPS) is 18.7. The molecule has 1 aliphatic rings. The zero-order valence-electron chi connectivity index (χ0n) is 15.5. The molecule has 4 rings (SSSR count). The Morgan fingerprint density at radius 2 is 1.97 bits per heavy atom. The Hall–Kier alpha value is -3.45. The highest BCUT2D eigenvalue weighted by Gasteiger charge is 2.62. The van der Waals surface area contributed by atoms with Crippen molar-refractivity contribution in [1.82, 2.24) is 19.9 Å². The van der Waals surface area contributed by atoms with Crippen LogP contribution in [0.15, 0.2) is 59.9 Å². The molecule has 31 heavy (non-hydrogen) atoms. The van der Waals surface area contributed by atoms with Crippen molar-refractivity contribution >= 4 is 21.8 Å². The summed E-state index contributed by atoms with van der Waals surface area (Å²) in [5, 5.41) is 8.22. The fourth-order valence-corrected chi connectivity index (χ4v) is 4.13. The van der Waals surface area contributed by atoms with Gasteiger partial charge in [-0.05, 0) is 30.3 Å². The predicted molar refractivity (Wildman–Crippen MR) is 101 cm³/mol. The van der Waals surface area contributed by atoms with Crippen LogP contribution in [0.1, 0.15) is 5.56 Å². The number of alkyl halides is 3. The molecule has 3 heterocycles. The van der Waals surface area contributed by atoms with Gasteiger partial charge in [-0.3, -0.25) is 10.4 Å². The molecular formula is C18H14F3N5O4S. The van der Waals surface area contributed by atoms with Crippen molar-refractivity contribution in [3.05, 3.63) is 60.4 Å². The second-order valence-electron chi connectivity index (χ2n) is 6.55. The minimum absolute atomic E-state index is 0.162. The maximum absolute atomic E-state index is 14.3. The molecule has 0 bridgehead atoms. The molecule has 2 aromatic heterocycles. The fourth-order valence-electron chi connectivity index (χ4n) is 3.14. The van der Waals surface area contributed by atoms with Crippen LogP contribution in [-0.2, 0) is 20.4 Å². The van der Waals surface area contributed by atoms with E-state index < -0.39 is 45.0 Å². The van der Waals surface area contributed by atoms with Crippen molar-refractivity contribution in [2.45, 2.75) is 16.8 Å². The molecule has 1 aliphatic heterocycles. The van der Waals surface area contributed by atoms with Crippen LogP contribution in [0.5, 0.6) is 0 Å². The zero-order valence-corrected chi connectivity index (χ0v) is 16.3. The van der Waals surface area contributed by atoms with Crippen LogP contribution in [0.2, 0.25) is 0 Å². The Morgan fingerprint density at radius 1 is 1.16 bits per heavy atom. The van der Waals surface area contributed by atoms with Gasteiger partial charge in [0.1, 0.15) is 0 Å². The lowest BCUT2D eigenvalue weighted by molar-refractivity contribution is -0.261. The van der Waals surface area contributed by atoms with E-state index in [-0.39, 0.29) is 5.69 Å². The number of rotatable bonds is 5. The molecule has 0 fully saturated rings. The second kappa shape index (κ2) is 7.35. The summed E-state index contributed by atoms with van der Waals surface area (Å²) in [6.07, 6.45) is -3.85. The number of hydrogen-bond donors (Lipinski definition) is 3. The number of H-pyrrole nitrogens is 1. The molecule has 3 N–H and O–H groups in total. The lowest BCUT2D eigenvalue weighted by Crippen LogP contribution is -2.56. The van der Waals surface area contributed by atoms with Gasteiger partial charge in [0.15, 0.2) is 5.03 Å². The Morgan fingerprint density at radius 3 is 2.61 bits per heavy atom. The van der Waals surface area contributed by atoms with Gasteiger partial charge in [-0.25, -0.2) is 22.9 Å². The van der Waals surface area contributed by atoms with Gasteiger partial charge < -0.3 is 4.74 Å². The molecule has 0 spiro atoms. The lowest BCUT2D eigenvalue weighted by Gasteiger charge is -2.39. The van der Waals surface area contributed by atoms with Crippen LogP contribution in [0.3, 0.4) is 0 Å². The third-order valence-electron chi connectivity index (χ3n) is 4.64. The van der Waals surface area contributed by atoms with Crippen LogP contribution in [0.4, 0.5) is 23.7 Å². The number of cyclic esters (lactones) is 1. The number of hydrogen-bond acceptors (Lipinski definition) is 6. The summed E-state index contributed by atoms with van der Waals surface area (Å²) in [7, 11) is -4.42. The van der Waals surface area contributed by atoms with Crippen LogP contribution in [0, 0.1) is 0 Å². The molecule has 0 aliphatic carbocycles. The molecule has 162 valence electrons. The first-order valence-electron chi connectivity index (χ1n) is 8.74. The van der Waals surface area contributed by atoms with E-state index in [1.54, 1.807) is 6.07 Å². The van der Waals surface area contributed by atoms with Gasteiger partial charge in [0.25, 0.3) is 10.0 Å². The number of benzene rings is 1. The smallest absolute Gasteiger partial charge is 0.426 e. The van der Waals surface area contributed by atoms with Gasteiger partial charge in [0.2, 0.25) is 5.60 Å². The molecule has 1 amide bonds. The quantitative estimate of drug-likeness (QED) is 0.545. The van der Waals surface area contributed by atoms with E-state index in [4.69, 9.17) is 4.74 Å². The second-order valence-corrected chi connectivity index (χ2v) is 8.27. The monoisotopic (exact) mass is 453 g/mol. The van der Waals surface area contributed by atoms with E-state index in [1.807, 2.05) is 4.72 Å². The number of aromatic nitrogens is 3. The Kier molecular flexibility index (Phi) is 4.94. The first kappa shape index (κ1) is 20.8. The number of nitrogens with zero attached hydrogens (tertiary/aromatic N) is 2. The summed E-state index contributed by atoms with van der Waals surface area (Å²) in [6, 6.07) is 9.39. The Bertz CT molecular complexity index is 1220. The highest BCUT2D eigenvalue weighted by Crippen LogP contribution is 2.48. The number of anilines is 1. The van der Waals surface area contributed by atoms with E-state index in [1.165, 1.54) is 36.7 Å². The van der Waals surface area contributed by atoms with E-state index in [9.17, 15) is 26.4 Å². The van der Waals surface area contributed by atoms with Crippen LogP contribution >= 0.6 is 0 Å². The zero-order chi connectivity index (χ0) is 22.3. The molecule has 0 saturated carbocycles. The number of fused-ring (bicyclic) bond motifs is 1. The average molecular weight is 453 g/mol. The number of amides is 1. The van der Waals surface area contributed by atoms with Crippen molar-refractivity contribution in [2.24, 2.45) is 0 Å². The van der Waals surface area contributed by atoms with Crippen molar-refractivity contribution in [3.63, 3.8) is 0 Å². The number of carbonyl (C=O) groups is 1. The number of halogens is 3. The summed E-state index contributed by atoms with van der Waals surface area (Å²) in [6.45, 7) is -1.29. The van der Waals surface area contributed by atoms with E-state index >= 15 is 0 Å². The molecular weight excluding hydrogens is 439 g/mol. The largest absolute Gasteiger partial charge is 0.434 e. The highest BCUT2D eigenvalue weighted by atomic mass is 32.2. The highest BCUT2D eigenvalue weighted by molar-refractivity contribution is 7.89. The van der Waals surface area contributed by atoms with Gasteiger partial charge in [-0.2, -0.15) is 18.3 Å². The molecule has 1 atom stereocenters. The summed E-state index contributed by atoms with van der Waals surface area (Å²) in [5.74, 6) is 0. The lowest BCUT2D eigenvalue weighted by atomic mass is 9.88. The molecule has 13 heteroatoms. The Labute approximate surface area is 173 Å². The minimum Gasteiger partial charge on any atom is -0.426 e. The standard InChI is InChI=1S/C18H14F3N5O4S/c19-18(20,21)17(10-24-31(28,29)15-3-1-2-7-22-15)12-9-11(13-6-8-23-26-13)4-5-14(12)25-16(27)30-17/h1-9,24H,10H2,(H,23,26)(H,25,27)/t17-/m1/s1. The van der Waals surface area contributed by atoms with Crippen LogP contribution < -0.4 is 10.0 Å². The summed E-state index contributed by atoms with van der Waals surface area (Å²) >= 11 is 0. The number of carbonyl (C=O) groups excluding carboxylic acids is 1. The van der Waals surface area contributed by atoms with E-state index in [2.05, 4.69) is 20.5 Å². The van der Waals surface area contributed by atoms with Gasteiger partial charge in [0.05, 0.1) is 17.9 Å². The van der Waals surface area contributed by atoms with Crippen molar-refractivity contribution in [2.75, 3.05) is 11.9 Å². The topological polar surface area (TPSA) is 126 Å². The predicted octanol–water partition coefficient (Wildman–Crippen LogP) is 2.77. The van der Waals surface area contributed by atoms with E-state index in [0.717, 1.165) is 12.1 Å². The summed E-state index contributed by atoms with van der Waals surface area (Å²) in [5.41, 5.74) is -3.25. The van der Waals surface area contributed by atoms with Crippen LogP contribution in [0.25, 0.3) is 11.3 Å². The first-order chi connectivity index (χ1) is 14.6. The summed E-state index contributed by atoms with van der Waals surface area (Å²) in [4.78, 5) is 15.6. The number of nitrogens with one attached hydrogen (secondary N) is 3. The number of aromatic amines is 1. The van der Waals surface area contributed by atoms with Crippen molar-refractivity contribution in [1.29, 1.82) is 0 Å². The third-order valence-corrected chi connectivity index (χ3v) is 5.95. The third kappa shape index (κ3) is 3.72. The van der Waals surface area contributed by atoms with Crippen LogP contribution in [-0.4, -0.2) is 42.4 Å². The van der Waals surface area contributed by atoms with Gasteiger partial charge in [0, 0.05) is 23.5 Å². The van der Waals surface area contributed by atoms with Gasteiger partial charge in [-0.15, -0.1) is 0 Å². The number of ether oxygens (including phenoxy) is 1. The average Bonchev–Trinajstić information content (AvgIpc) is 3.26. The van der Waals surface area contributed by atoms with Crippen molar-refractivity contribution < 1.29 is 31.1 Å². The molecule has 9 nitrogen and oxygen atoms in total. The Balaban J connectivity index is 1.80. The van der Waals surface area contributed by atoms with Gasteiger partial charge >= 0.3 is 12.3 Å².